The predicted molar refractivity (Wildman–Crippen MR) is 232 cm³/mol. The van der Waals surface area contributed by atoms with Crippen molar-refractivity contribution in [1.82, 2.24) is 20.4 Å². The first-order chi connectivity index (χ1) is 30.6. The first-order valence-electron chi connectivity index (χ1n) is 21.7. The standard InChI is InChI=1S/C46H57N7O10/c1-60-45(58)49-39(32-20-24-62-28-32)43(56)52-22-6-10-37(52)41(54)47-34-16-12-30(13-17-34)26-51(36-8-4-3-5-9-36)27-31-14-18-35(19-15-31)48-42(55)38-11-7-23-53(38)44(57)40(50-46(59)61-2)33-21-25-63-29-33/h3-5,8-9,12-19,32-33,37-40H,6-7,10-11,20-29H2,1-2H3,(H,47,54)(H,48,55)(H,49,58)(H,50,59)/t32-,33-,37-,38-,39-,40-/m0/s1. The maximum absolute atomic E-state index is 13.7. The van der Waals surface area contributed by atoms with Gasteiger partial charge in [-0.25, -0.2) is 9.59 Å². The fourth-order valence-electron chi connectivity index (χ4n) is 8.89. The first-order valence-corrected chi connectivity index (χ1v) is 21.7. The second-order valence-electron chi connectivity index (χ2n) is 16.4. The minimum Gasteiger partial charge on any atom is -0.453 e. The smallest absolute Gasteiger partial charge is 0.407 e. The van der Waals surface area contributed by atoms with Gasteiger partial charge in [0.1, 0.15) is 24.2 Å². The minimum atomic E-state index is -0.846. The van der Waals surface area contributed by atoms with Crippen molar-refractivity contribution in [3.63, 3.8) is 0 Å². The van der Waals surface area contributed by atoms with Gasteiger partial charge in [0.15, 0.2) is 0 Å². The normalized spacial score (nSPS) is 21.6. The number of carbonyl (C=O) groups excluding carboxylic acids is 6. The molecule has 4 N–H and O–H groups in total. The molecule has 0 saturated carbocycles. The molecule has 63 heavy (non-hydrogen) atoms. The Balaban J connectivity index is 0.958. The number of rotatable bonds is 15. The number of benzene rings is 3. The minimum absolute atomic E-state index is 0.208. The van der Waals surface area contributed by atoms with Crippen LogP contribution in [0.25, 0.3) is 0 Å². The Morgan fingerprint density at radius 2 is 1.05 bits per heavy atom. The van der Waals surface area contributed by atoms with Gasteiger partial charge in [-0.1, -0.05) is 42.5 Å². The zero-order valence-corrected chi connectivity index (χ0v) is 35.8. The fraction of sp³-hybridized carbons (Fsp3) is 0.478. The Labute approximate surface area is 367 Å². The van der Waals surface area contributed by atoms with E-state index >= 15 is 0 Å². The summed E-state index contributed by atoms with van der Waals surface area (Å²) >= 11 is 0. The first kappa shape index (κ1) is 44.8. The molecule has 6 amide bonds. The molecular formula is C46H57N7O10. The van der Waals surface area contributed by atoms with E-state index in [9.17, 15) is 28.8 Å². The SMILES string of the molecule is COC(=O)N[C@H](C(=O)N1CCC[C@H]1C(=O)Nc1ccc(CN(Cc2ccc(NC(=O)[C@@H]3CCCN3C(=O)[C@@H](NC(=O)OC)[C@H]3CCOC3)cc2)c2ccccc2)cc1)[C@H]1CCOC1. The fourth-order valence-corrected chi connectivity index (χ4v) is 8.89. The number of nitrogens with one attached hydrogen (secondary N) is 4. The summed E-state index contributed by atoms with van der Waals surface area (Å²) in [6.07, 6.45) is 2.19. The van der Waals surface area contributed by atoms with Gasteiger partial charge in [0.05, 0.1) is 27.4 Å². The van der Waals surface area contributed by atoms with E-state index in [0.29, 0.717) is 103 Å². The van der Waals surface area contributed by atoms with Crippen LogP contribution in [0.3, 0.4) is 0 Å². The van der Waals surface area contributed by atoms with E-state index in [4.69, 9.17) is 18.9 Å². The van der Waals surface area contributed by atoms with Crippen molar-refractivity contribution in [3.05, 3.63) is 90.0 Å². The Kier molecular flexibility index (Phi) is 15.1. The molecule has 0 spiro atoms. The molecule has 0 aromatic heterocycles. The quantitative estimate of drug-likeness (QED) is 0.170. The molecular weight excluding hydrogens is 811 g/mol. The van der Waals surface area contributed by atoms with Crippen LogP contribution in [0.4, 0.5) is 26.7 Å². The Morgan fingerprint density at radius 3 is 1.43 bits per heavy atom. The van der Waals surface area contributed by atoms with Crippen LogP contribution in [-0.2, 0) is 51.2 Å². The molecule has 4 aliphatic heterocycles. The molecule has 4 fully saturated rings. The van der Waals surface area contributed by atoms with Crippen molar-refractivity contribution < 1.29 is 47.7 Å². The number of para-hydroxylation sites is 1. The Morgan fingerprint density at radius 1 is 0.619 bits per heavy atom. The average Bonchev–Trinajstić information content (AvgIpc) is 4.17. The molecule has 3 aromatic rings. The molecule has 17 nitrogen and oxygen atoms in total. The summed E-state index contributed by atoms with van der Waals surface area (Å²) in [4.78, 5) is 84.3. The molecule has 3 aromatic carbocycles. The van der Waals surface area contributed by atoms with Gasteiger partial charge in [0, 0.05) is 68.3 Å². The van der Waals surface area contributed by atoms with Gasteiger partial charge in [0.2, 0.25) is 23.6 Å². The van der Waals surface area contributed by atoms with Crippen LogP contribution in [-0.4, -0.2) is 124 Å². The van der Waals surface area contributed by atoms with E-state index < -0.39 is 36.4 Å². The van der Waals surface area contributed by atoms with E-state index in [0.717, 1.165) is 16.8 Å². The number of methoxy groups -OCH3 is 2. The molecule has 0 bridgehead atoms. The third-order valence-electron chi connectivity index (χ3n) is 12.3. The van der Waals surface area contributed by atoms with E-state index in [-0.39, 0.29) is 35.5 Å². The lowest BCUT2D eigenvalue weighted by Crippen LogP contribution is -2.55. The maximum atomic E-state index is 13.7. The van der Waals surface area contributed by atoms with Gasteiger partial charge in [-0.2, -0.15) is 0 Å². The van der Waals surface area contributed by atoms with Crippen LogP contribution in [0, 0.1) is 11.8 Å². The molecule has 4 aliphatic rings. The Hall–Kier alpha value is -6.20. The van der Waals surface area contributed by atoms with Gasteiger partial charge in [-0.15, -0.1) is 0 Å². The van der Waals surface area contributed by atoms with Gasteiger partial charge in [-0.05, 0) is 86.1 Å². The van der Waals surface area contributed by atoms with Crippen LogP contribution in [0.15, 0.2) is 78.9 Å². The van der Waals surface area contributed by atoms with Crippen molar-refractivity contribution in [1.29, 1.82) is 0 Å². The highest BCUT2D eigenvalue weighted by molar-refractivity contribution is 5.99. The summed E-state index contributed by atoms with van der Waals surface area (Å²) in [5, 5.41) is 11.3. The largest absolute Gasteiger partial charge is 0.453 e. The van der Waals surface area contributed by atoms with Crippen LogP contribution >= 0.6 is 0 Å². The molecule has 4 heterocycles. The van der Waals surface area contributed by atoms with Crippen LogP contribution in [0.1, 0.15) is 49.7 Å². The number of hydrogen-bond donors (Lipinski definition) is 4. The van der Waals surface area contributed by atoms with Crippen molar-refractivity contribution >= 4 is 52.9 Å². The number of carbonyl (C=O) groups is 6. The van der Waals surface area contributed by atoms with E-state index in [1.807, 2.05) is 78.9 Å². The number of ether oxygens (including phenoxy) is 4. The van der Waals surface area contributed by atoms with Gasteiger partial charge in [0.25, 0.3) is 0 Å². The zero-order valence-electron chi connectivity index (χ0n) is 35.8. The van der Waals surface area contributed by atoms with Crippen molar-refractivity contribution in [2.24, 2.45) is 11.8 Å². The molecule has 336 valence electrons. The molecule has 17 heteroatoms. The third kappa shape index (κ3) is 11.3. The lowest BCUT2D eigenvalue weighted by atomic mass is 9.97. The summed E-state index contributed by atoms with van der Waals surface area (Å²) in [7, 11) is 2.50. The lowest BCUT2D eigenvalue weighted by molar-refractivity contribution is -0.139. The Bertz CT molecular complexity index is 1930. The third-order valence-corrected chi connectivity index (χ3v) is 12.3. The summed E-state index contributed by atoms with van der Waals surface area (Å²) in [6.45, 7) is 3.63. The number of nitrogens with zero attached hydrogens (tertiary/aromatic N) is 3. The topological polar surface area (TPSA) is 197 Å². The van der Waals surface area contributed by atoms with Crippen molar-refractivity contribution in [3.8, 4) is 0 Å². The summed E-state index contributed by atoms with van der Waals surface area (Å²) in [6, 6.07) is 22.2. The predicted octanol–water partition coefficient (Wildman–Crippen LogP) is 4.27. The summed E-state index contributed by atoms with van der Waals surface area (Å²) in [5.74, 6) is -1.62. The number of hydrogen-bond acceptors (Lipinski definition) is 11. The molecule has 0 unspecified atom stereocenters. The molecule has 6 atom stereocenters. The van der Waals surface area contributed by atoms with Crippen molar-refractivity contribution in [2.45, 2.75) is 75.8 Å². The van der Waals surface area contributed by atoms with Crippen LogP contribution in [0.5, 0.6) is 0 Å². The lowest BCUT2D eigenvalue weighted by Gasteiger charge is -2.30. The number of likely N-dealkylation sites (tertiary alicyclic amines) is 2. The van der Waals surface area contributed by atoms with Crippen LogP contribution < -0.4 is 26.2 Å². The van der Waals surface area contributed by atoms with Gasteiger partial charge >= 0.3 is 12.2 Å². The summed E-state index contributed by atoms with van der Waals surface area (Å²) < 4.78 is 20.5. The highest BCUT2D eigenvalue weighted by Crippen LogP contribution is 2.28. The second kappa shape index (κ2) is 21.3. The molecule has 4 saturated heterocycles. The molecule has 0 radical (unpaired) electrons. The molecule has 7 rings (SSSR count). The van der Waals surface area contributed by atoms with E-state index in [1.165, 1.54) is 14.2 Å². The highest BCUT2D eigenvalue weighted by Gasteiger charge is 2.43. The molecule has 0 aliphatic carbocycles. The second-order valence-corrected chi connectivity index (χ2v) is 16.4. The number of amides is 6. The highest BCUT2D eigenvalue weighted by atomic mass is 16.5. The van der Waals surface area contributed by atoms with Gasteiger partial charge < -0.3 is 54.9 Å². The number of anilines is 3. The number of alkyl carbamates (subject to hydrolysis) is 2. The summed E-state index contributed by atoms with van der Waals surface area (Å²) in [5.41, 5.74) is 4.24. The van der Waals surface area contributed by atoms with Gasteiger partial charge in [-0.3, -0.25) is 19.2 Å². The van der Waals surface area contributed by atoms with E-state index in [2.05, 4.69) is 26.2 Å². The maximum Gasteiger partial charge on any atom is 0.407 e. The zero-order chi connectivity index (χ0) is 44.3. The monoisotopic (exact) mass is 867 g/mol. The average molecular weight is 868 g/mol. The van der Waals surface area contributed by atoms with Crippen molar-refractivity contribution in [2.75, 3.05) is 69.3 Å². The van der Waals surface area contributed by atoms with Crippen LogP contribution in [0.2, 0.25) is 0 Å². The van der Waals surface area contributed by atoms with E-state index in [1.54, 1.807) is 9.80 Å².